The van der Waals surface area contributed by atoms with Crippen LogP contribution in [0.4, 0.5) is 5.69 Å². The second kappa shape index (κ2) is 8.48. The summed E-state index contributed by atoms with van der Waals surface area (Å²) in [5.74, 6) is 0.231. The van der Waals surface area contributed by atoms with Gasteiger partial charge in [-0.05, 0) is 48.7 Å². The molecule has 0 bridgehead atoms. The van der Waals surface area contributed by atoms with Crippen molar-refractivity contribution in [3.8, 4) is 5.75 Å². The third kappa shape index (κ3) is 3.45. The Morgan fingerprint density at radius 2 is 1.80 bits per heavy atom. The standard InChI is InChI=1S/C24H28N2O4/c1-29-16-15-26-23(28)20-8-4-3-7-19(20)21(24(26)13-5-6-14-24)22(27)25-17-9-11-18(30-2)12-10-17/h3-4,7-12,21H,5-6,13-16H2,1-2H3,(H,25,27)/t21-/m1/s1. The summed E-state index contributed by atoms with van der Waals surface area (Å²) in [4.78, 5) is 29.0. The van der Waals surface area contributed by atoms with Crippen molar-refractivity contribution in [2.24, 2.45) is 0 Å². The molecule has 1 aliphatic heterocycles. The normalized spacial score (nSPS) is 19.6. The average Bonchev–Trinajstić information content (AvgIpc) is 3.24. The highest BCUT2D eigenvalue weighted by Gasteiger charge is 2.55. The summed E-state index contributed by atoms with van der Waals surface area (Å²) < 4.78 is 10.5. The van der Waals surface area contributed by atoms with Gasteiger partial charge in [0.1, 0.15) is 5.75 Å². The van der Waals surface area contributed by atoms with Crippen LogP contribution in [-0.2, 0) is 9.53 Å². The van der Waals surface area contributed by atoms with Crippen molar-refractivity contribution in [1.29, 1.82) is 0 Å². The molecule has 30 heavy (non-hydrogen) atoms. The number of hydrogen-bond acceptors (Lipinski definition) is 4. The Balaban J connectivity index is 1.74. The molecule has 1 aliphatic carbocycles. The van der Waals surface area contributed by atoms with Gasteiger partial charge in [-0.3, -0.25) is 9.59 Å². The summed E-state index contributed by atoms with van der Waals surface area (Å²) in [6.45, 7) is 0.929. The summed E-state index contributed by atoms with van der Waals surface area (Å²) in [5, 5.41) is 3.08. The molecule has 0 radical (unpaired) electrons. The molecule has 1 heterocycles. The van der Waals surface area contributed by atoms with E-state index < -0.39 is 11.5 Å². The molecular weight excluding hydrogens is 380 g/mol. The zero-order valence-corrected chi connectivity index (χ0v) is 17.5. The lowest BCUT2D eigenvalue weighted by Gasteiger charge is -2.50. The second-order valence-electron chi connectivity index (χ2n) is 8.00. The number of ether oxygens (including phenoxy) is 2. The largest absolute Gasteiger partial charge is 0.497 e. The maximum absolute atomic E-state index is 13.7. The molecule has 2 amide bonds. The van der Waals surface area contributed by atoms with Crippen LogP contribution >= 0.6 is 0 Å². The minimum Gasteiger partial charge on any atom is -0.497 e. The number of carbonyl (C=O) groups is 2. The molecule has 1 saturated carbocycles. The highest BCUT2D eigenvalue weighted by molar-refractivity contribution is 6.05. The van der Waals surface area contributed by atoms with Crippen LogP contribution in [0.25, 0.3) is 0 Å². The summed E-state index contributed by atoms with van der Waals surface area (Å²) in [6, 6.07) is 14.8. The molecule has 6 heteroatoms. The monoisotopic (exact) mass is 408 g/mol. The van der Waals surface area contributed by atoms with Gasteiger partial charge in [-0.1, -0.05) is 31.0 Å². The molecule has 2 aromatic carbocycles. The van der Waals surface area contributed by atoms with E-state index in [1.54, 1.807) is 14.2 Å². The lowest BCUT2D eigenvalue weighted by Crippen LogP contribution is -2.60. The number of methoxy groups -OCH3 is 2. The van der Waals surface area contributed by atoms with E-state index in [9.17, 15) is 9.59 Å². The van der Waals surface area contributed by atoms with E-state index in [-0.39, 0.29) is 11.8 Å². The third-order valence-electron chi connectivity index (χ3n) is 6.43. The summed E-state index contributed by atoms with van der Waals surface area (Å²) in [6.07, 6.45) is 3.64. The number of carbonyl (C=O) groups excluding carboxylic acids is 2. The first-order valence-corrected chi connectivity index (χ1v) is 10.5. The fourth-order valence-corrected chi connectivity index (χ4v) is 5.06. The lowest BCUT2D eigenvalue weighted by atomic mass is 9.71. The Kier molecular flexibility index (Phi) is 5.77. The van der Waals surface area contributed by atoms with Gasteiger partial charge in [0.25, 0.3) is 5.91 Å². The summed E-state index contributed by atoms with van der Waals surface area (Å²) in [5.41, 5.74) is 1.64. The van der Waals surface area contributed by atoms with Gasteiger partial charge in [-0.2, -0.15) is 0 Å². The van der Waals surface area contributed by atoms with Gasteiger partial charge >= 0.3 is 0 Å². The van der Waals surface area contributed by atoms with Crippen LogP contribution < -0.4 is 10.1 Å². The molecular formula is C24H28N2O4. The van der Waals surface area contributed by atoms with Crippen molar-refractivity contribution >= 4 is 17.5 Å². The number of fused-ring (bicyclic) bond motifs is 1. The molecule has 2 aromatic rings. The van der Waals surface area contributed by atoms with Gasteiger partial charge in [-0.25, -0.2) is 0 Å². The maximum atomic E-state index is 13.7. The molecule has 1 fully saturated rings. The number of rotatable bonds is 6. The predicted octanol–water partition coefficient (Wildman–Crippen LogP) is 3.83. The van der Waals surface area contributed by atoms with Crippen LogP contribution in [0.5, 0.6) is 5.75 Å². The fourth-order valence-electron chi connectivity index (χ4n) is 5.06. The van der Waals surface area contributed by atoms with E-state index >= 15 is 0 Å². The molecule has 1 N–H and O–H groups in total. The Morgan fingerprint density at radius 3 is 2.47 bits per heavy atom. The van der Waals surface area contributed by atoms with E-state index in [0.717, 1.165) is 37.0 Å². The van der Waals surface area contributed by atoms with Gasteiger partial charge in [-0.15, -0.1) is 0 Å². The Morgan fingerprint density at radius 1 is 1.10 bits per heavy atom. The SMILES string of the molecule is COCCN1C(=O)c2ccccc2[C@H](C(=O)Nc2ccc(OC)cc2)C12CCCC2. The van der Waals surface area contributed by atoms with Crippen molar-refractivity contribution in [3.05, 3.63) is 59.7 Å². The maximum Gasteiger partial charge on any atom is 0.254 e. The first-order chi connectivity index (χ1) is 14.6. The number of nitrogens with one attached hydrogen (secondary N) is 1. The molecule has 4 rings (SSSR count). The molecule has 1 atom stereocenters. The zero-order valence-electron chi connectivity index (χ0n) is 17.5. The van der Waals surface area contributed by atoms with E-state index in [1.165, 1.54) is 0 Å². The van der Waals surface area contributed by atoms with Crippen LogP contribution in [0.2, 0.25) is 0 Å². The highest BCUT2D eigenvalue weighted by Crippen LogP contribution is 2.50. The number of amides is 2. The Labute approximate surface area is 177 Å². The van der Waals surface area contributed by atoms with Crippen molar-refractivity contribution in [2.45, 2.75) is 37.1 Å². The van der Waals surface area contributed by atoms with Gasteiger partial charge in [0, 0.05) is 24.9 Å². The Bertz CT molecular complexity index is 919. The molecule has 0 saturated heterocycles. The van der Waals surface area contributed by atoms with Crippen molar-refractivity contribution < 1.29 is 19.1 Å². The number of nitrogens with zero attached hydrogens (tertiary/aromatic N) is 1. The number of anilines is 1. The van der Waals surface area contributed by atoms with Crippen molar-refractivity contribution in [1.82, 2.24) is 4.90 Å². The molecule has 6 nitrogen and oxygen atoms in total. The molecule has 158 valence electrons. The van der Waals surface area contributed by atoms with Gasteiger partial charge < -0.3 is 19.7 Å². The quantitative estimate of drug-likeness (QED) is 0.789. The van der Waals surface area contributed by atoms with Crippen LogP contribution in [-0.4, -0.2) is 49.6 Å². The van der Waals surface area contributed by atoms with Crippen LogP contribution in [0, 0.1) is 0 Å². The van der Waals surface area contributed by atoms with Crippen LogP contribution in [0.15, 0.2) is 48.5 Å². The highest BCUT2D eigenvalue weighted by atomic mass is 16.5. The summed E-state index contributed by atoms with van der Waals surface area (Å²) >= 11 is 0. The lowest BCUT2D eigenvalue weighted by molar-refractivity contribution is -0.121. The van der Waals surface area contributed by atoms with E-state index in [2.05, 4.69) is 5.32 Å². The van der Waals surface area contributed by atoms with E-state index in [0.29, 0.717) is 24.4 Å². The predicted molar refractivity (Wildman–Crippen MR) is 115 cm³/mol. The minimum atomic E-state index is -0.513. The fraction of sp³-hybridized carbons (Fsp3) is 0.417. The topological polar surface area (TPSA) is 67.9 Å². The van der Waals surface area contributed by atoms with Gasteiger partial charge in [0.05, 0.1) is 25.2 Å². The number of benzene rings is 2. The first-order valence-electron chi connectivity index (χ1n) is 10.5. The van der Waals surface area contributed by atoms with Crippen LogP contribution in [0.1, 0.15) is 47.5 Å². The first kappa shape index (κ1) is 20.4. The van der Waals surface area contributed by atoms with E-state index in [1.807, 2.05) is 53.4 Å². The molecule has 0 aromatic heterocycles. The van der Waals surface area contributed by atoms with E-state index in [4.69, 9.17) is 9.47 Å². The van der Waals surface area contributed by atoms with Crippen molar-refractivity contribution in [3.63, 3.8) is 0 Å². The minimum absolute atomic E-state index is 0.00181. The number of hydrogen-bond donors (Lipinski definition) is 1. The van der Waals surface area contributed by atoms with Gasteiger partial charge in [0.15, 0.2) is 0 Å². The molecule has 1 spiro atoms. The summed E-state index contributed by atoms with van der Waals surface area (Å²) in [7, 11) is 3.25. The molecule has 0 unspecified atom stereocenters. The molecule has 2 aliphatic rings. The van der Waals surface area contributed by atoms with Crippen molar-refractivity contribution in [2.75, 3.05) is 32.7 Å². The smallest absolute Gasteiger partial charge is 0.254 e. The second-order valence-corrected chi connectivity index (χ2v) is 8.00. The zero-order chi connectivity index (χ0) is 21.1. The van der Waals surface area contributed by atoms with Crippen LogP contribution in [0.3, 0.4) is 0 Å². The average molecular weight is 408 g/mol. The Hall–Kier alpha value is -2.86. The third-order valence-corrected chi connectivity index (χ3v) is 6.43. The van der Waals surface area contributed by atoms with Gasteiger partial charge in [0.2, 0.25) is 5.91 Å².